The van der Waals surface area contributed by atoms with E-state index in [1.165, 1.54) is 0 Å². The van der Waals surface area contributed by atoms with Crippen LogP contribution in [0.5, 0.6) is 0 Å². The molecule has 2 N–H and O–H groups in total. The van der Waals surface area contributed by atoms with E-state index in [1.54, 1.807) is 13.0 Å². The van der Waals surface area contributed by atoms with Gasteiger partial charge in [-0.25, -0.2) is 0 Å². The van der Waals surface area contributed by atoms with Gasteiger partial charge in [-0.1, -0.05) is 35.5 Å². The number of rotatable bonds is 6. The Morgan fingerprint density at radius 1 is 1.39 bits per heavy atom. The molecule has 2 aromatic rings. The molecule has 0 spiro atoms. The summed E-state index contributed by atoms with van der Waals surface area (Å²) in [6.45, 7) is 3.23. The standard InChI is InChI=1S/C17H21N3O3/c1-12-10-15(20-23-12)19-17(21)16(13-6-3-2-4-7-13)18-11-14-8-5-9-22-14/h2-4,6-7,10,14,16,18H,5,8-9,11H2,1H3,(H,19,20,21)/t14-,16+/m0/s1. The fourth-order valence-corrected chi connectivity index (χ4v) is 2.69. The van der Waals surface area contributed by atoms with Crippen molar-refractivity contribution in [2.45, 2.75) is 31.9 Å². The zero-order valence-electron chi connectivity index (χ0n) is 13.1. The number of nitrogens with one attached hydrogen (secondary N) is 2. The number of aryl methyl sites for hydroxylation is 1. The summed E-state index contributed by atoms with van der Waals surface area (Å²) in [7, 11) is 0. The molecule has 0 unspecified atom stereocenters. The fraction of sp³-hybridized carbons (Fsp3) is 0.412. The van der Waals surface area contributed by atoms with Crippen LogP contribution in [0, 0.1) is 6.92 Å². The van der Waals surface area contributed by atoms with Crippen molar-refractivity contribution in [1.82, 2.24) is 10.5 Å². The van der Waals surface area contributed by atoms with Crippen LogP contribution in [0.1, 0.15) is 30.2 Å². The molecule has 2 heterocycles. The van der Waals surface area contributed by atoms with Crippen LogP contribution in [0.2, 0.25) is 0 Å². The lowest BCUT2D eigenvalue weighted by Gasteiger charge is -2.20. The SMILES string of the molecule is Cc1cc(NC(=O)[C@H](NC[C@@H]2CCCO2)c2ccccc2)no1. The van der Waals surface area contributed by atoms with Crippen molar-refractivity contribution in [2.75, 3.05) is 18.5 Å². The highest BCUT2D eigenvalue weighted by Gasteiger charge is 2.24. The summed E-state index contributed by atoms with van der Waals surface area (Å²) in [4.78, 5) is 12.6. The zero-order chi connectivity index (χ0) is 16.1. The summed E-state index contributed by atoms with van der Waals surface area (Å²) >= 11 is 0. The normalized spacial score (nSPS) is 18.7. The van der Waals surface area contributed by atoms with Crippen molar-refractivity contribution in [3.05, 3.63) is 47.7 Å². The molecular formula is C17H21N3O3. The smallest absolute Gasteiger partial charge is 0.247 e. The van der Waals surface area contributed by atoms with Gasteiger partial charge in [-0.3, -0.25) is 10.1 Å². The van der Waals surface area contributed by atoms with Crippen LogP contribution in [-0.4, -0.2) is 30.3 Å². The second-order valence-electron chi connectivity index (χ2n) is 5.70. The Kier molecular flexibility index (Phi) is 5.05. The Labute approximate surface area is 135 Å². The first-order valence-electron chi connectivity index (χ1n) is 7.86. The van der Waals surface area contributed by atoms with Gasteiger partial charge >= 0.3 is 0 Å². The number of carbonyl (C=O) groups is 1. The molecule has 1 aromatic carbocycles. The summed E-state index contributed by atoms with van der Waals surface area (Å²) in [6, 6.07) is 10.9. The molecule has 2 atom stereocenters. The Morgan fingerprint density at radius 2 is 2.22 bits per heavy atom. The molecule has 6 nitrogen and oxygen atoms in total. The van der Waals surface area contributed by atoms with Crippen LogP contribution in [0.4, 0.5) is 5.82 Å². The van der Waals surface area contributed by atoms with Gasteiger partial charge in [0.25, 0.3) is 0 Å². The predicted octanol–water partition coefficient (Wildman–Crippen LogP) is 2.43. The van der Waals surface area contributed by atoms with Gasteiger partial charge in [0.15, 0.2) is 5.82 Å². The lowest BCUT2D eigenvalue weighted by atomic mass is 10.1. The van der Waals surface area contributed by atoms with E-state index in [4.69, 9.17) is 9.26 Å². The quantitative estimate of drug-likeness (QED) is 0.856. The summed E-state index contributed by atoms with van der Waals surface area (Å²) in [5.41, 5.74) is 0.906. The Morgan fingerprint density at radius 3 is 2.87 bits per heavy atom. The van der Waals surface area contributed by atoms with Gasteiger partial charge in [0.05, 0.1) is 6.10 Å². The average Bonchev–Trinajstić information content (AvgIpc) is 3.20. The van der Waals surface area contributed by atoms with Crippen molar-refractivity contribution in [3.8, 4) is 0 Å². The third-order valence-electron chi connectivity index (χ3n) is 3.85. The van der Waals surface area contributed by atoms with Gasteiger partial charge in [-0.2, -0.15) is 0 Å². The summed E-state index contributed by atoms with van der Waals surface area (Å²) in [5, 5.41) is 9.91. The molecule has 1 amide bonds. The van der Waals surface area contributed by atoms with Crippen LogP contribution in [0.15, 0.2) is 40.9 Å². The Bertz CT molecular complexity index is 636. The van der Waals surface area contributed by atoms with Gasteiger partial charge in [0, 0.05) is 19.2 Å². The van der Waals surface area contributed by atoms with Crippen molar-refractivity contribution in [1.29, 1.82) is 0 Å². The number of carbonyl (C=O) groups excluding carboxylic acids is 1. The molecule has 0 aliphatic carbocycles. The first-order valence-corrected chi connectivity index (χ1v) is 7.86. The summed E-state index contributed by atoms with van der Waals surface area (Å²) < 4.78 is 10.6. The molecule has 0 radical (unpaired) electrons. The third kappa shape index (κ3) is 4.18. The molecule has 1 aliphatic heterocycles. The highest BCUT2D eigenvalue weighted by molar-refractivity contribution is 5.94. The van der Waals surface area contributed by atoms with E-state index < -0.39 is 6.04 Å². The van der Waals surface area contributed by atoms with E-state index in [0.29, 0.717) is 18.1 Å². The monoisotopic (exact) mass is 315 g/mol. The number of hydrogen-bond acceptors (Lipinski definition) is 5. The minimum atomic E-state index is -0.461. The van der Waals surface area contributed by atoms with Crippen LogP contribution >= 0.6 is 0 Å². The van der Waals surface area contributed by atoms with Gasteiger partial charge < -0.3 is 14.6 Å². The van der Waals surface area contributed by atoms with Crippen LogP contribution in [-0.2, 0) is 9.53 Å². The lowest BCUT2D eigenvalue weighted by molar-refractivity contribution is -0.118. The van der Waals surface area contributed by atoms with E-state index in [2.05, 4.69) is 15.8 Å². The van der Waals surface area contributed by atoms with Gasteiger partial charge in [-0.15, -0.1) is 0 Å². The van der Waals surface area contributed by atoms with E-state index in [1.807, 2.05) is 30.3 Å². The number of ether oxygens (including phenoxy) is 1. The van der Waals surface area contributed by atoms with E-state index in [-0.39, 0.29) is 12.0 Å². The maximum absolute atomic E-state index is 12.6. The maximum atomic E-state index is 12.6. The average molecular weight is 315 g/mol. The molecule has 1 fully saturated rings. The minimum Gasteiger partial charge on any atom is -0.377 e. The highest BCUT2D eigenvalue weighted by Crippen LogP contribution is 2.18. The molecule has 1 saturated heterocycles. The second kappa shape index (κ2) is 7.39. The molecule has 3 rings (SSSR count). The number of anilines is 1. The minimum absolute atomic E-state index is 0.164. The van der Waals surface area contributed by atoms with Crippen LogP contribution in [0.3, 0.4) is 0 Å². The molecule has 1 aliphatic rings. The lowest BCUT2D eigenvalue weighted by Crippen LogP contribution is -2.37. The number of hydrogen-bond donors (Lipinski definition) is 2. The van der Waals surface area contributed by atoms with E-state index in [0.717, 1.165) is 25.0 Å². The Balaban J connectivity index is 1.69. The summed E-state index contributed by atoms with van der Waals surface area (Å²) in [6.07, 6.45) is 2.27. The summed E-state index contributed by atoms with van der Waals surface area (Å²) in [5.74, 6) is 0.915. The molecule has 23 heavy (non-hydrogen) atoms. The van der Waals surface area contributed by atoms with Crippen molar-refractivity contribution in [3.63, 3.8) is 0 Å². The second-order valence-corrected chi connectivity index (χ2v) is 5.70. The largest absolute Gasteiger partial charge is 0.377 e. The molecule has 1 aromatic heterocycles. The molecule has 0 bridgehead atoms. The highest BCUT2D eigenvalue weighted by atomic mass is 16.5. The van der Waals surface area contributed by atoms with Crippen molar-refractivity contribution < 1.29 is 14.1 Å². The molecule has 6 heteroatoms. The number of benzene rings is 1. The van der Waals surface area contributed by atoms with Gasteiger partial charge in [-0.05, 0) is 25.3 Å². The van der Waals surface area contributed by atoms with Crippen LogP contribution < -0.4 is 10.6 Å². The van der Waals surface area contributed by atoms with Gasteiger partial charge in [0.2, 0.25) is 5.91 Å². The molecule has 122 valence electrons. The zero-order valence-corrected chi connectivity index (χ0v) is 13.1. The van der Waals surface area contributed by atoms with Gasteiger partial charge in [0.1, 0.15) is 11.8 Å². The first-order chi connectivity index (χ1) is 11.2. The molecular weight excluding hydrogens is 294 g/mol. The topological polar surface area (TPSA) is 76.4 Å². The van der Waals surface area contributed by atoms with E-state index in [9.17, 15) is 4.79 Å². The Hall–Kier alpha value is -2.18. The third-order valence-corrected chi connectivity index (χ3v) is 3.85. The number of amides is 1. The predicted molar refractivity (Wildman–Crippen MR) is 86.0 cm³/mol. The number of aromatic nitrogens is 1. The number of nitrogens with zero attached hydrogens (tertiary/aromatic N) is 1. The van der Waals surface area contributed by atoms with E-state index >= 15 is 0 Å². The maximum Gasteiger partial charge on any atom is 0.247 e. The molecule has 0 saturated carbocycles. The first kappa shape index (κ1) is 15.7. The van der Waals surface area contributed by atoms with Crippen molar-refractivity contribution >= 4 is 11.7 Å². The van der Waals surface area contributed by atoms with Crippen molar-refractivity contribution in [2.24, 2.45) is 0 Å². The fourth-order valence-electron chi connectivity index (χ4n) is 2.69. The van der Waals surface area contributed by atoms with Crippen LogP contribution in [0.25, 0.3) is 0 Å².